The minimum Gasteiger partial charge on any atom is -0.332 e. The van der Waals surface area contributed by atoms with Crippen molar-refractivity contribution in [3.8, 4) is 0 Å². The van der Waals surface area contributed by atoms with Gasteiger partial charge >= 0.3 is 0 Å². The van der Waals surface area contributed by atoms with Gasteiger partial charge in [0.25, 0.3) is 10.0 Å². The van der Waals surface area contributed by atoms with Gasteiger partial charge in [-0.25, -0.2) is 18.1 Å². The van der Waals surface area contributed by atoms with Crippen LogP contribution in [0.3, 0.4) is 0 Å². The van der Waals surface area contributed by atoms with Gasteiger partial charge in [0, 0.05) is 6.04 Å². The van der Waals surface area contributed by atoms with Crippen LogP contribution in [0.4, 0.5) is 0 Å². The van der Waals surface area contributed by atoms with Crippen LogP contribution in [0.5, 0.6) is 0 Å². The lowest BCUT2D eigenvalue weighted by Gasteiger charge is -2.15. The van der Waals surface area contributed by atoms with Crippen LogP contribution in [0.25, 0.3) is 0 Å². The van der Waals surface area contributed by atoms with Gasteiger partial charge in [-0.05, 0) is 19.8 Å². The van der Waals surface area contributed by atoms with Crippen LogP contribution < -0.4 is 4.72 Å². The molecule has 2 N–H and O–H groups in total. The lowest BCUT2D eigenvalue weighted by atomic mass is 10.1. The van der Waals surface area contributed by atoms with E-state index < -0.39 is 10.0 Å². The predicted molar refractivity (Wildman–Crippen MR) is 62.6 cm³/mol. The highest BCUT2D eigenvalue weighted by Crippen LogP contribution is 2.09. The molecule has 1 aromatic rings. The smallest absolute Gasteiger partial charge is 0.257 e. The summed E-state index contributed by atoms with van der Waals surface area (Å²) in [6.45, 7) is 5.74. The van der Waals surface area contributed by atoms with E-state index in [1.165, 1.54) is 6.20 Å². The largest absolute Gasteiger partial charge is 0.332 e. The quantitative estimate of drug-likeness (QED) is 0.799. The summed E-state index contributed by atoms with van der Waals surface area (Å²) in [6, 6.07) is -0.00129. The number of nitrogens with one attached hydrogen (secondary N) is 2. The number of rotatable bonds is 6. The second-order valence-corrected chi connectivity index (χ2v) is 5.53. The summed E-state index contributed by atoms with van der Waals surface area (Å²) in [6.07, 6.45) is 3.95. The molecule has 0 aliphatic carbocycles. The molecule has 92 valence electrons. The van der Waals surface area contributed by atoms with Crippen molar-refractivity contribution in [1.82, 2.24) is 14.7 Å². The van der Waals surface area contributed by atoms with Gasteiger partial charge in [0.05, 0.1) is 6.20 Å². The maximum atomic E-state index is 11.9. The third-order valence-electron chi connectivity index (χ3n) is 2.42. The van der Waals surface area contributed by atoms with Gasteiger partial charge in [0.15, 0.2) is 5.03 Å². The van der Waals surface area contributed by atoms with Crippen molar-refractivity contribution >= 4 is 10.0 Å². The predicted octanol–water partition coefficient (Wildman–Crippen LogP) is 1.58. The molecule has 0 saturated heterocycles. The number of aromatic amines is 1. The maximum absolute atomic E-state index is 11.9. The lowest BCUT2D eigenvalue weighted by molar-refractivity contribution is 0.510. The van der Waals surface area contributed by atoms with Gasteiger partial charge in [0.2, 0.25) is 0 Å². The molecule has 1 aromatic heterocycles. The molecular weight excluding hydrogens is 226 g/mol. The van der Waals surface area contributed by atoms with E-state index in [0.29, 0.717) is 5.82 Å². The van der Waals surface area contributed by atoms with Crippen molar-refractivity contribution in [1.29, 1.82) is 0 Å². The van der Waals surface area contributed by atoms with Crippen molar-refractivity contribution in [2.45, 2.75) is 51.1 Å². The third-order valence-corrected chi connectivity index (χ3v) is 3.85. The van der Waals surface area contributed by atoms with Crippen molar-refractivity contribution in [2.75, 3.05) is 0 Å². The van der Waals surface area contributed by atoms with Crippen LogP contribution in [0.2, 0.25) is 0 Å². The first-order valence-electron chi connectivity index (χ1n) is 5.53. The Morgan fingerprint density at radius 3 is 2.62 bits per heavy atom. The molecule has 1 atom stereocenters. The van der Waals surface area contributed by atoms with Gasteiger partial charge < -0.3 is 4.98 Å². The highest BCUT2D eigenvalue weighted by molar-refractivity contribution is 7.89. The fourth-order valence-corrected chi connectivity index (χ4v) is 2.84. The van der Waals surface area contributed by atoms with Gasteiger partial charge in [-0.1, -0.05) is 20.3 Å². The molecule has 1 rings (SSSR count). The summed E-state index contributed by atoms with van der Waals surface area (Å²) >= 11 is 0. The van der Waals surface area contributed by atoms with E-state index in [-0.39, 0.29) is 11.1 Å². The average Bonchev–Trinajstić information content (AvgIpc) is 2.64. The summed E-state index contributed by atoms with van der Waals surface area (Å²) in [4.78, 5) is 6.61. The Hall–Kier alpha value is -0.880. The molecule has 5 nitrogen and oxygen atoms in total. The minimum atomic E-state index is -3.44. The molecule has 1 unspecified atom stereocenters. The Morgan fingerprint density at radius 2 is 2.19 bits per heavy atom. The third kappa shape index (κ3) is 3.31. The van der Waals surface area contributed by atoms with E-state index in [9.17, 15) is 8.42 Å². The Bertz CT molecular complexity index is 425. The molecule has 0 spiro atoms. The number of sulfonamides is 1. The molecule has 0 aromatic carbocycles. The molecule has 0 radical (unpaired) electrons. The average molecular weight is 245 g/mol. The number of H-pyrrole nitrogens is 1. The monoisotopic (exact) mass is 245 g/mol. The number of hydrogen-bond acceptors (Lipinski definition) is 3. The molecule has 6 heteroatoms. The highest BCUT2D eigenvalue weighted by Gasteiger charge is 2.20. The van der Waals surface area contributed by atoms with Crippen LogP contribution in [0.15, 0.2) is 11.2 Å². The molecule has 0 aliphatic heterocycles. The van der Waals surface area contributed by atoms with E-state index in [2.05, 4.69) is 14.7 Å². The number of aromatic nitrogens is 2. The number of nitrogens with zero attached hydrogens (tertiary/aromatic N) is 1. The van der Waals surface area contributed by atoms with Crippen molar-refractivity contribution in [3.05, 3.63) is 12.0 Å². The molecule has 0 aliphatic rings. The van der Waals surface area contributed by atoms with E-state index in [1.807, 2.05) is 13.8 Å². The summed E-state index contributed by atoms with van der Waals surface area (Å²) in [5.74, 6) is 0.601. The van der Waals surface area contributed by atoms with Gasteiger partial charge in [0.1, 0.15) is 5.82 Å². The van der Waals surface area contributed by atoms with Gasteiger partial charge in [-0.2, -0.15) is 0 Å². The van der Waals surface area contributed by atoms with Gasteiger partial charge in [-0.15, -0.1) is 0 Å². The summed E-state index contributed by atoms with van der Waals surface area (Å²) in [5.41, 5.74) is 0. The summed E-state index contributed by atoms with van der Waals surface area (Å²) in [7, 11) is -3.44. The zero-order chi connectivity index (χ0) is 12.2. The molecule has 0 amide bonds. The van der Waals surface area contributed by atoms with Crippen LogP contribution >= 0.6 is 0 Å². The molecular formula is C10H19N3O2S. The highest BCUT2D eigenvalue weighted by atomic mass is 32.2. The Balaban J connectivity index is 2.78. The van der Waals surface area contributed by atoms with Gasteiger partial charge in [-0.3, -0.25) is 0 Å². The maximum Gasteiger partial charge on any atom is 0.257 e. The Morgan fingerprint density at radius 1 is 1.50 bits per heavy atom. The van der Waals surface area contributed by atoms with E-state index in [0.717, 1.165) is 19.3 Å². The van der Waals surface area contributed by atoms with Crippen LogP contribution in [0.1, 0.15) is 38.9 Å². The molecule has 0 bridgehead atoms. The topological polar surface area (TPSA) is 74.8 Å². The lowest BCUT2D eigenvalue weighted by Crippen LogP contribution is -2.34. The Labute approximate surface area is 96.7 Å². The standard InChI is InChI=1S/C10H19N3O2S/c1-4-6-9(5-2)13-16(14,15)10-7-11-8(3)12-10/h7,9,13H,4-6H2,1-3H3,(H,11,12). The second kappa shape index (κ2) is 5.45. The van der Waals surface area contributed by atoms with E-state index in [1.54, 1.807) is 6.92 Å². The van der Waals surface area contributed by atoms with Crippen molar-refractivity contribution in [2.24, 2.45) is 0 Å². The van der Waals surface area contributed by atoms with Crippen molar-refractivity contribution in [3.63, 3.8) is 0 Å². The number of aryl methyl sites for hydroxylation is 1. The van der Waals surface area contributed by atoms with E-state index in [4.69, 9.17) is 0 Å². The zero-order valence-electron chi connectivity index (χ0n) is 9.95. The minimum absolute atomic E-state index is 0.00129. The van der Waals surface area contributed by atoms with Crippen molar-refractivity contribution < 1.29 is 8.42 Å². The SMILES string of the molecule is CCCC(CC)NS(=O)(=O)c1cnc(C)[nH]1. The molecule has 0 saturated carbocycles. The summed E-state index contributed by atoms with van der Waals surface area (Å²) in [5, 5.41) is 0.138. The Kier molecular flexibility index (Phi) is 4.49. The molecule has 16 heavy (non-hydrogen) atoms. The van der Waals surface area contributed by atoms with Crippen LogP contribution in [-0.2, 0) is 10.0 Å². The number of imidazole rings is 1. The van der Waals surface area contributed by atoms with E-state index >= 15 is 0 Å². The first-order valence-corrected chi connectivity index (χ1v) is 7.01. The normalized spacial score (nSPS) is 13.9. The fourth-order valence-electron chi connectivity index (χ4n) is 1.51. The van der Waals surface area contributed by atoms with Crippen LogP contribution in [0, 0.1) is 6.92 Å². The summed E-state index contributed by atoms with van der Waals surface area (Å²) < 4.78 is 26.5. The first-order chi connectivity index (χ1) is 7.49. The first kappa shape index (κ1) is 13.2. The molecule has 0 fully saturated rings. The number of hydrogen-bond donors (Lipinski definition) is 2. The zero-order valence-corrected chi connectivity index (χ0v) is 10.8. The fraction of sp³-hybridized carbons (Fsp3) is 0.700. The molecule has 1 heterocycles. The van der Waals surface area contributed by atoms with Crippen LogP contribution in [-0.4, -0.2) is 24.4 Å². The second-order valence-electron chi connectivity index (χ2n) is 3.85.